The largest absolute Gasteiger partial charge is 0.394 e. The van der Waals surface area contributed by atoms with Crippen molar-refractivity contribution in [3.8, 4) is 0 Å². The molecule has 0 aliphatic heterocycles. The number of hydrogen-bond donors (Lipinski definition) is 2. The van der Waals surface area contributed by atoms with Gasteiger partial charge in [0.05, 0.1) is 12.6 Å². The SMILES string of the molecule is CN(C)c1ccc(F)cc1[C@H](N)CO. The number of aliphatic hydroxyl groups is 1. The Bertz CT molecular complexity index is 315. The average Bonchev–Trinajstić information content (AvgIpc) is 2.16. The second kappa shape index (κ2) is 4.39. The Labute approximate surface area is 83.0 Å². The van der Waals surface area contributed by atoms with Crippen molar-refractivity contribution in [3.05, 3.63) is 29.6 Å². The molecule has 1 atom stereocenters. The summed E-state index contributed by atoms with van der Waals surface area (Å²) in [6.07, 6.45) is 0. The molecular formula is C10H15FN2O. The highest BCUT2D eigenvalue weighted by molar-refractivity contribution is 5.54. The zero-order valence-electron chi connectivity index (χ0n) is 8.37. The molecule has 4 heteroatoms. The molecule has 14 heavy (non-hydrogen) atoms. The number of nitrogens with two attached hydrogens (primary N) is 1. The summed E-state index contributed by atoms with van der Waals surface area (Å²) in [5.41, 5.74) is 7.11. The van der Waals surface area contributed by atoms with Crippen molar-refractivity contribution in [2.75, 3.05) is 25.6 Å². The summed E-state index contributed by atoms with van der Waals surface area (Å²) in [7, 11) is 3.70. The Hall–Kier alpha value is -1.13. The Balaban J connectivity index is 3.15. The molecule has 0 saturated heterocycles. The summed E-state index contributed by atoms with van der Waals surface area (Å²) in [6.45, 7) is -0.190. The third kappa shape index (κ3) is 2.21. The maximum atomic E-state index is 13.0. The average molecular weight is 198 g/mol. The Morgan fingerprint density at radius 2 is 2.14 bits per heavy atom. The molecular weight excluding hydrogens is 183 g/mol. The van der Waals surface area contributed by atoms with E-state index in [-0.39, 0.29) is 12.4 Å². The van der Waals surface area contributed by atoms with Crippen molar-refractivity contribution in [3.63, 3.8) is 0 Å². The van der Waals surface area contributed by atoms with Gasteiger partial charge in [-0.3, -0.25) is 0 Å². The van der Waals surface area contributed by atoms with Crippen LogP contribution < -0.4 is 10.6 Å². The van der Waals surface area contributed by atoms with Crippen molar-refractivity contribution >= 4 is 5.69 Å². The van der Waals surface area contributed by atoms with Crippen molar-refractivity contribution in [2.45, 2.75) is 6.04 Å². The normalized spacial score (nSPS) is 12.6. The van der Waals surface area contributed by atoms with Gasteiger partial charge >= 0.3 is 0 Å². The van der Waals surface area contributed by atoms with Gasteiger partial charge in [0.15, 0.2) is 0 Å². The van der Waals surface area contributed by atoms with Crippen LogP contribution in [0.5, 0.6) is 0 Å². The lowest BCUT2D eigenvalue weighted by atomic mass is 10.1. The van der Waals surface area contributed by atoms with Gasteiger partial charge in [0.1, 0.15) is 5.82 Å². The molecule has 0 aliphatic carbocycles. The second-order valence-corrected chi connectivity index (χ2v) is 3.39. The van der Waals surface area contributed by atoms with Crippen LogP contribution in [0.1, 0.15) is 11.6 Å². The van der Waals surface area contributed by atoms with E-state index in [2.05, 4.69) is 0 Å². The van der Waals surface area contributed by atoms with Gasteiger partial charge in [-0.2, -0.15) is 0 Å². The number of nitrogens with zero attached hydrogens (tertiary/aromatic N) is 1. The monoisotopic (exact) mass is 198 g/mol. The molecule has 0 aliphatic rings. The summed E-state index contributed by atoms with van der Waals surface area (Å²) in [4.78, 5) is 1.84. The third-order valence-corrected chi connectivity index (χ3v) is 2.07. The zero-order chi connectivity index (χ0) is 10.7. The van der Waals surface area contributed by atoms with Gasteiger partial charge in [-0.1, -0.05) is 0 Å². The second-order valence-electron chi connectivity index (χ2n) is 3.39. The summed E-state index contributed by atoms with van der Waals surface area (Å²) in [5.74, 6) is -0.338. The first-order chi connectivity index (χ1) is 6.56. The Morgan fingerprint density at radius 1 is 1.50 bits per heavy atom. The van der Waals surface area contributed by atoms with Crippen LogP contribution in [0.2, 0.25) is 0 Å². The maximum Gasteiger partial charge on any atom is 0.123 e. The Kier molecular flexibility index (Phi) is 3.43. The van der Waals surface area contributed by atoms with E-state index in [1.165, 1.54) is 12.1 Å². The lowest BCUT2D eigenvalue weighted by Crippen LogP contribution is -2.20. The van der Waals surface area contributed by atoms with Gasteiger partial charge in [-0.05, 0) is 23.8 Å². The van der Waals surface area contributed by atoms with Gasteiger partial charge in [0.25, 0.3) is 0 Å². The minimum Gasteiger partial charge on any atom is -0.394 e. The fourth-order valence-corrected chi connectivity index (χ4v) is 1.33. The van der Waals surface area contributed by atoms with E-state index < -0.39 is 6.04 Å². The highest BCUT2D eigenvalue weighted by Crippen LogP contribution is 2.24. The first-order valence-electron chi connectivity index (χ1n) is 4.39. The van der Waals surface area contributed by atoms with E-state index in [9.17, 15) is 4.39 Å². The van der Waals surface area contributed by atoms with E-state index in [1.54, 1.807) is 6.07 Å². The molecule has 0 amide bonds. The minimum atomic E-state index is -0.539. The molecule has 0 saturated carbocycles. The number of hydrogen-bond acceptors (Lipinski definition) is 3. The fraction of sp³-hybridized carbons (Fsp3) is 0.400. The van der Waals surface area contributed by atoms with E-state index in [4.69, 9.17) is 10.8 Å². The topological polar surface area (TPSA) is 49.5 Å². The van der Waals surface area contributed by atoms with Crippen LogP contribution in [0.4, 0.5) is 10.1 Å². The van der Waals surface area contributed by atoms with E-state index in [1.807, 2.05) is 19.0 Å². The minimum absolute atomic E-state index is 0.190. The summed E-state index contributed by atoms with van der Waals surface area (Å²) in [6, 6.07) is 3.85. The first kappa shape index (κ1) is 10.9. The standard InChI is InChI=1S/C10H15FN2O/c1-13(2)10-4-3-7(11)5-8(10)9(12)6-14/h3-5,9,14H,6,12H2,1-2H3/t9-/m1/s1. The molecule has 0 unspecified atom stereocenters. The summed E-state index contributed by atoms with van der Waals surface area (Å²) in [5, 5.41) is 8.92. The Morgan fingerprint density at radius 3 is 2.64 bits per heavy atom. The van der Waals surface area contributed by atoms with E-state index in [0.717, 1.165) is 5.69 Å². The molecule has 3 N–H and O–H groups in total. The fourth-order valence-electron chi connectivity index (χ4n) is 1.33. The van der Waals surface area contributed by atoms with Gasteiger partial charge in [0.2, 0.25) is 0 Å². The number of rotatable bonds is 3. The van der Waals surface area contributed by atoms with Crippen LogP contribution in [0.25, 0.3) is 0 Å². The predicted octanol–water partition coefficient (Wildman–Crippen LogP) is 0.884. The van der Waals surface area contributed by atoms with Gasteiger partial charge in [-0.25, -0.2) is 4.39 Å². The summed E-state index contributed by atoms with van der Waals surface area (Å²) >= 11 is 0. The van der Waals surface area contributed by atoms with Gasteiger partial charge < -0.3 is 15.7 Å². The lowest BCUT2D eigenvalue weighted by molar-refractivity contribution is 0.268. The number of aliphatic hydroxyl groups excluding tert-OH is 1. The number of anilines is 1. The molecule has 78 valence electrons. The smallest absolute Gasteiger partial charge is 0.123 e. The number of benzene rings is 1. The molecule has 0 heterocycles. The van der Waals surface area contributed by atoms with Crippen LogP contribution in [0.3, 0.4) is 0 Å². The quantitative estimate of drug-likeness (QED) is 0.758. The van der Waals surface area contributed by atoms with Crippen LogP contribution >= 0.6 is 0 Å². The zero-order valence-corrected chi connectivity index (χ0v) is 8.37. The van der Waals surface area contributed by atoms with Crippen molar-refractivity contribution in [1.29, 1.82) is 0 Å². The van der Waals surface area contributed by atoms with Crippen molar-refractivity contribution in [1.82, 2.24) is 0 Å². The van der Waals surface area contributed by atoms with E-state index >= 15 is 0 Å². The first-order valence-corrected chi connectivity index (χ1v) is 4.39. The number of halogens is 1. The van der Waals surface area contributed by atoms with Crippen LogP contribution in [0.15, 0.2) is 18.2 Å². The van der Waals surface area contributed by atoms with Crippen LogP contribution in [0, 0.1) is 5.82 Å². The predicted molar refractivity (Wildman–Crippen MR) is 54.7 cm³/mol. The highest BCUT2D eigenvalue weighted by Gasteiger charge is 2.12. The van der Waals surface area contributed by atoms with Gasteiger partial charge in [0, 0.05) is 19.8 Å². The molecule has 0 spiro atoms. The highest BCUT2D eigenvalue weighted by atomic mass is 19.1. The molecule has 1 aromatic rings. The molecule has 0 fully saturated rings. The van der Waals surface area contributed by atoms with Crippen molar-refractivity contribution < 1.29 is 9.50 Å². The lowest BCUT2D eigenvalue weighted by Gasteiger charge is -2.20. The van der Waals surface area contributed by atoms with Gasteiger partial charge in [-0.15, -0.1) is 0 Å². The molecule has 0 radical (unpaired) electrons. The van der Waals surface area contributed by atoms with Crippen molar-refractivity contribution in [2.24, 2.45) is 5.73 Å². The molecule has 1 aromatic carbocycles. The molecule has 3 nitrogen and oxygen atoms in total. The molecule has 0 bridgehead atoms. The van der Waals surface area contributed by atoms with E-state index in [0.29, 0.717) is 5.56 Å². The van der Waals surface area contributed by atoms with Crippen LogP contribution in [-0.4, -0.2) is 25.8 Å². The molecule has 1 rings (SSSR count). The van der Waals surface area contributed by atoms with Crippen LogP contribution in [-0.2, 0) is 0 Å². The summed E-state index contributed by atoms with van der Waals surface area (Å²) < 4.78 is 13.0. The maximum absolute atomic E-state index is 13.0. The molecule has 0 aromatic heterocycles. The third-order valence-electron chi connectivity index (χ3n) is 2.07.